The standard InChI is InChI=1S/C13H15NO/c1-3-7-14-8-6-13(15)11-5-4-10(2)9-12(11)14/h3-5,9H,1,6-8H2,2H3. The van der Waals surface area contributed by atoms with Crippen LogP contribution in [0.4, 0.5) is 5.69 Å². The normalized spacial score (nSPS) is 15.0. The predicted octanol–water partition coefficient (Wildman–Crippen LogP) is 2.57. The molecule has 0 bridgehead atoms. The number of hydrogen-bond acceptors (Lipinski definition) is 2. The van der Waals surface area contributed by atoms with Crippen molar-refractivity contribution in [2.24, 2.45) is 0 Å². The summed E-state index contributed by atoms with van der Waals surface area (Å²) in [4.78, 5) is 13.9. The van der Waals surface area contributed by atoms with E-state index in [2.05, 4.69) is 17.5 Å². The third kappa shape index (κ3) is 1.80. The summed E-state index contributed by atoms with van der Waals surface area (Å²) in [6.07, 6.45) is 2.49. The molecule has 1 aromatic carbocycles. The van der Waals surface area contributed by atoms with Gasteiger partial charge in [0.15, 0.2) is 5.78 Å². The minimum atomic E-state index is 0.255. The first-order chi connectivity index (χ1) is 7.22. The van der Waals surface area contributed by atoms with Gasteiger partial charge in [0.1, 0.15) is 0 Å². The fourth-order valence-electron chi connectivity index (χ4n) is 1.98. The molecule has 0 N–H and O–H groups in total. The summed E-state index contributed by atoms with van der Waals surface area (Å²) < 4.78 is 0. The SMILES string of the molecule is C=CCN1CCC(=O)c2ccc(C)cc21. The van der Waals surface area contributed by atoms with Crippen molar-refractivity contribution < 1.29 is 4.79 Å². The van der Waals surface area contributed by atoms with Gasteiger partial charge in [-0.25, -0.2) is 0 Å². The van der Waals surface area contributed by atoms with Crippen LogP contribution in [0.1, 0.15) is 22.3 Å². The lowest BCUT2D eigenvalue weighted by atomic mass is 9.99. The third-order valence-corrected chi connectivity index (χ3v) is 2.75. The van der Waals surface area contributed by atoms with Crippen molar-refractivity contribution >= 4 is 11.5 Å². The molecule has 2 heteroatoms. The van der Waals surface area contributed by atoms with E-state index in [0.717, 1.165) is 24.3 Å². The van der Waals surface area contributed by atoms with E-state index < -0.39 is 0 Å². The van der Waals surface area contributed by atoms with Gasteiger partial charge < -0.3 is 4.90 Å². The number of fused-ring (bicyclic) bond motifs is 1. The Labute approximate surface area is 90.2 Å². The molecule has 0 radical (unpaired) electrons. The van der Waals surface area contributed by atoms with E-state index >= 15 is 0 Å². The second-order valence-corrected chi connectivity index (χ2v) is 3.93. The Morgan fingerprint density at radius 1 is 1.53 bits per heavy atom. The van der Waals surface area contributed by atoms with Crippen LogP contribution in [0.2, 0.25) is 0 Å². The van der Waals surface area contributed by atoms with Crippen molar-refractivity contribution in [1.82, 2.24) is 0 Å². The minimum Gasteiger partial charge on any atom is -0.367 e. The molecular weight excluding hydrogens is 186 g/mol. The van der Waals surface area contributed by atoms with Crippen LogP contribution in [-0.4, -0.2) is 18.9 Å². The van der Waals surface area contributed by atoms with E-state index in [9.17, 15) is 4.79 Å². The Bertz CT molecular complexity index is 409. The molecule has 0 aromatic heterocycles. The summed E-state index contributed by atoms with van der Waals surface area (Å²) in [5, 5.41) is 0. The second-order valence-electron chi connectivity index (χ2n) is 3.93. The van der Waals surface area contributed by atoms with E-state index in [4.69, 9.17) is 0 Å². The lowest BCUT2D eigenvalue weighted by molar-refractivity contribution is 0.0980. The highest BCUT2D eigenvalue weighted by atomic mass is 16.1. The number of ketones is 1. The number of carbonyl (C=O) groups is 1. The molecule has 1 aromatic rings. The first-order valence-electron chi connectivity index (χ1n) is 5.22. The zero-order valence-corrected chi connectivity index (χ0v) is 8.99. The van der Waals surface area contributed by atoms with Crippen molar-refractivity contribution in [2.45, 2.75) is 13.3 Å². The summed E-state index contributed by atoms with van der Waals surface area (Å²) in [5.41, 5.74) is 3.11. The van der Waals surface area contributed by atoms with Crippen LogP contribution in [0.3, 0.4) is 0 Å². The van der Waals surface area contributed by atoms with Gasteiger partial charge in [-0.05, 0) is 24.6 Å². The van der Waals surface area contributed by atoms with Crippen LogP contribution in [0, 0.1) is 6.92 Å². The van der Waals surface area contributed by atoms with Gasteiger partial charge in [-0.1, -0.05) is 12.1 Å². The Morgan fingerprint density at radius 2 is 2.33 bits per heavy atom. The van der Waals surface area contributed by atoms with E-state index in [0.29, 0.717) is 6.42 Å². The molecule has 2 rings (SSSR count). The molecule has 0 saturated carbocycles. The Kier molecular flexibility index (Phi) is 2.58. The molecule has 0 amide bonds. The number of carbonyl (C=O) groups excluding carboxylic acids is 1. The van der Waals surface area contributed by atoms with Gasteiger partial charge in [-0.3, -0.25) is 4.79 Å². The number of anilines is 1. The summed E-state index contributed by atoms with van der Waals surface area (Å²) in [6.45, 7) is 7.41. The first kappa shape index (κ1) is 9.97. The van der Waals surface area contributed by atoms with Gasteiger partial charge >= 0.3 is 0 Å². The van der Waals surface area contributed by atoms with Gasteiger partial charge in [0, 0.05) is 30.8 Å². The van der Waals surface area contributed by atoms with Crippen LogP contribution in [-0.2, 0) is 0 Å². The molecule has 0 atom stereocenters. The molecule has 1 heterocycles. The second kappa shape index (κ2) is 3.89. The molecule has 0 unspecified atom stereocenters. The molecule has 0 fully saturated rings. The monoisotopic (exact) mass is 201 g/mol. The average Bonchev–Trinajstić information content (AvgIpc) is 2.22. The maximum Gasteiger partial charge on any atom is 0.166 e. The lowest BCUT2D eigenvalue weighted by Crippen LogP contribution is -2.32. The van der Waals surface area contributed by atoms with Crippen molar-refractivity contribution in [3.05, 3.63) is 42.0 Å². The highest BCUT2D eigenvalue weighted by molar-refractivity contribution is 6.03. The number of rotatable bonds is 2. The molecule has 0 spiro atoms. The summed E-state index contributed by atoms with van der Waals surface area (Å²) in [5.74, 6) is 0.255. The van der Waals surface area contributed by atoms with Crippen LogP contribution in [0.15, 0.2) is 30.9 Å². The summed E-state index contributed by atoms with van der Waals surface area (Å²) in [6, 6.07) is 6.01. The van der Waals surface area contributed by atoms with Gasteiger partial charge in [0.2, 0.25) is 0 Å². The number of hydrogen-bond donors (Lipinski definition) is 0. The Hall–Kier alpha value is -1.57. The van der Waals surface area contributed by atoms with Crippen LogP contribution in [0.5, 0.6) is 0 Å². The molecule has 2 nitrogen and oxygen atoms in total. The third-order valence-electron chi connectivity index (χ3n) is 2.75. The van der Waals surface area contributed by atoms with Gasteiger partial charge in [-0.15, -0.1) is 6.58 Å². The van der Waals surface area contributed by atoms with E-state index in [1.165, 1.54) is 5.56 Å². The molecule has 0 aliphatic carbocycles. The number of Topliss-reactive ketones (excluding diaryl/α,β-unsaturated/α-hetero) is 1. The maximum absolute atomic E-state index is 11.7. The van der Waals surface area contributed by atoms with Crippen molar-refractivity contribution in [2.75, 3.05) is 18.0 Å². The minimum absolute atomic E-state index is 0.255. The molecule has 0 saturated heterocycles. The highest BCUT2D eigenvalue weighted by Crippen LogP contribution is 2.27. The van der Waals surface area contributed by atoms with Crippen LogP contribution in [0.25, 0.3) is 0 Å². The zero-order chi connectivity index (χ0) is 10.8. The fraction of sp³-hybridized carbons (Fsp3) is 0.308. The topological polar surface area (TPSA) is 20.3 Å². The van der Waals surface area contributed by atoms with Gasteiger partial charge in [0.25, 0.3) is 0 Å². The number of benzene rings is 1. The lowest BCUT2D eigenvalue weighted by Gasteiger charge is -2.29. The summed E-state index contributed by atoms with van der Waals surface area (Å²) >= 11 is 0. The molecule has 15 heavy (non-hydrogen) atoms. The summed E-state index contributed by atoms with van der Waals surface area (Å²) in [7, 11) is 0. The Balaban J connectivity index is 2.46. The molecular formula is C13H15NO. The van der Waals surface area contributed by atoms with Crippen molar-refractivity contribution in [1.29, 1.82) is 0 Å². The predicted molar refractivity (Wildman–Crippen MR) is 62.5 cm³/mol. The quantitative estimate of drug-likeness (QED) is 0.685. The molecule has 1 aliphatic rings. The fourth-order valence-corrected chi connectivity index (χ4v) is 1.98. The van der Waals surface area contributed by atoms with Crippen molar-refractivity contribution in [3.63, 3.8) is 0 Å². The highest BCUT2D eigenvalue weighted by Gasteiger charge is 2.21. The molecule has 78 valence electrons. The largest absolute Gasteiger partial charge is 0.367 e. The Morgan fingerprint density at radius 3 is 3.07 bits per heavy atom. The molecule has 1 aliphatic heterocycles. The first-order valence-corrected chi connectivity index (χ1v) is 5.22. The smallest absolute Gasteiger partial charge is 0.166 e. The number of aryl methyl sites for hydroxylation is 1. The number of nitrogens with zero attached hydrogens (tertiary/aromatic N) is 1. The van der Waals surface area contributed by atoms with E-state index in [1.54, 1.807) is 0 Å². The zero-order valence-electron chi connectivity index (χ0n) is 8.99. The van der Waals surface area contributed by atoms with Crippen LogP contribution >= 0.6 is 0 Å². The van der Waals surface area contributed by atoms with Gasteiger partial charge in [0.05, 0.1) is 0 Å². The van der Waals surface area contributed by atoms with Crippen molar-refractivity contribution in [3.8, 4) is 0 Å². The van der Waals surface area contributed by atoms with E-state index in [-0.39, 0.29) is 5.78 Å². The van der Waals surface area contributed by atoms with E-state index in [1.807, 2.05) is 25.1 Å². The van der Waals surface area contributed by atoms with Gasteiger partial charge in [-0.2, -0.15) is 0 Å². The van der Waals surface area contributed by atoms with Crippen LogP contribution < -0.4 is 4.90 Å². The maximum atomic E-state index is 11.7. The average molecular weight is 201 g/mol.